The molecule has 0 aliphatic carbocycles. The molecule has 140 valence electrons. The van der Waals surface area contributed by atoms with Crippen molar-refractivity contribution in [2.45, 2.75) is 31.2 Å². The van der Waals surface area contributed by atoms with E-state index in [1.807, 2.05) is 13.8 Å². The predicted octanol–water partition coefficient (Wildman–Crippen LogP) is 4.39. The van der Waals surface area contributed by atoms with E-state index in [9.17, 15) is 9.18 Å². The molecule has 0 unspecified atom stereocenters. The lowest BCUT2D eigenvalue weighted by Crippen LogP contribution is -2.26. The highest BCUT2D eigenvalue weighted by molar-refractivity contribution is 7.98. The highest BCUT2D eigenvalue weighted by atomic mass is 32.2. The fourth-order valence-corrected chi connectivity index (χ4v) is 3.80. The third-order valence-electron chi connectivity index (χ3n) is 4.22. The van der Waals surface area contributed by atoms with Crippen molar-refractivity contribution < 1.29 is 13.7 Å². The topological polar surface area (TPSA) is 59.2 Å². The molecule has 0 saturated heterocycles. The first kappa shape index (κ1) is 19.1. The molecule has 27 heavy (non-hydrogen) atoms. The third kappa shape index (κ3) is 4.54. The summed E-state index contributed by atoms with van der Waals surface area (Å²) in [6.07, 6.45) is 1.67. The van der Waals surface area contributed by atoms with Crippen molar-refractivity contribution in [3.05, 3.63) is 76.6 Å². The summed E-state index contributed by atoms with van der Waals surface area (Å²) in [5, 5.41) is 4.62. The van der Waals surface area contributed by atoms with Gasteiger partial charge in [0.05, 0.1) is 11.3 Å². The van der Waals surface area contributed by atoms with Crippen LogP contribution in [0.2, 0.25) is 0 Å². The van der Waals surface area contributed by atoms with Crippen molar-refractivity contribution in [3.8, 4) is 0 Å². The Morgan fingerprint density at radius 2 is 1.96 bits per heavy atom. The number of aromatic nitrogens is 2. The molecule has 2 aromatic heterocycles. The summed E-state index contributed by atoms with van der Waals surface area (Å²) in [6, 6.07) is 9.65. The first-order valence-electron chi connectivity index (χ1n) is 8.45. The minimum atomic E-state index is -0.294. The molecule has 0 radical (unpaired) electrons. The summed E-state index contributed by atoms with van der Waals surface area (Å²) >= 11 is 1.48. The summed E-state index contributed by atoms with van der Waals surface area (Å²) in [5.74, 6) is 0.976. The summed E-state index contributed by atoms with van der Waals surface area (Å²) in [4.78, 5) is 18.9. The molecule has 2 heterocycles. The average molecular weight is 385 g/mol. The number of hydrogen-bond donors (Lipinski definition) is 0. The van der Waals surface area contributed by atoms with Gasteiger partial charge in [0.25, 0.3) is 5.91 Å². The molecule has 0 saturated carbocycles. The van der Waals surface area contributed by atoms with Crippen LogP contribution >= 0.6 is 11.8 Å². The maximum atomic E-state index is 13.1. The van der Waals surface area contributed by atoms with Crippen LogP contribution in [0.3, 0.4) is 0 Å². The van der Waals surface area contributed by atoms with Crippen molar-refractivity contribution in [3.63, 3.8) is 0 Å². The molecular weight excluding hydrogens is 365 g/mol. The molecule has 3 aromatic rings. The fourth-order valence-electron chi connectivity index (χ4n) is 2.66. The Balaban J connectivity index is 1.74. The van der Waals surface area contributed by atoms with Crippen molar-refractivity contribution >= 4 is 17.7 Å². The van der Waals surface area contributed by atoms with E-state index < -0.39 is 0 Å². The number of benzene rings is 1. The van der Waals surface area contributed by atoms with Crippen LogP contribution in [-0.4, -0.2) is 28.0 Å². The molecule has 5 nitrogen and oxygen atoms in total. The van der Waals surface area contributed by atoms with Gasteiger partial charge in [0.2, 0.25) is 0 Å². The lowest BCUT2D eigenvalue weighted by molar-refractivity contribution is 0.0781. The van der Waals surface area contributed by atoms with Gasteiger partial charge >= 0.3 is 0 Å². The van der Waals surface area contributed by atoms with Gasteiger partial charge in [-0.2, -0.15) is 0 Å². The molecule has 0 aliphatic rings. The smallest absolute Gasteiger partial charge is 0.256 e. The first-order valence-corrected chi connectivity index (χ1v) is 9.43. The van der Waals surface area contributed by atoms with E-state index in [1.165, 1.54) is 23.9 Å². The third-order valence-corrected chi connectivity index (χ3v) is 5.25. The number of halogens is 1. The van der Waals surface area contributed by atoms with Gasteiger partial charge in [-0.05, 0) is 43.7 Å². The molecule has 7 heteroatoms. The van der Waals surface area contributed by atoms with E-state index in [4.69, 9.17) is 4.52 Å². The zero-order chi connectivity index (χ0) is 19.4. The van der Waals surface area contributed by atoms with Crippen LogP contribution in [0, 0.1) is 19.7 Å². The zero-order valence-corrected chi connectivity index (χ0v) is 16.2. The normalized spacial score (nSPS) is 10.8. The van der Waals surface area contributed by atoms with Crippen LogP contribution in [0.1, 0.15) is 32.9 Å². The van der Waals surface area contributed by atoms with Crippen molar-refractivity contribution in [2.75, 3.05) is 7.05 Å². The second kappa shape index (κ2) is 8.35. The van der Waals surface area contributed by atoms with E-state index in [2.05, 4.69) is 10.1 Å². The Hall–Kier alpha value is -2.67. The number of carbonyl (C=O) groups excluding carboxylic acids is 1. The molecule has 0 N–H and O–H groups in total. The standard InChI is InChI=1S/C20H20FN3O2S/c1-13-18(14(2)26-23-13)12-27-19-17(5-4-10-22-19)20(25)24(3)11-15-6-8-16(21)9-7-15/h4-10H,11-12H2,1-3H3. The predicted molar refractivity (Wildman–Crippen MR) is 102 cm³/mol. The van der Waals surface area contributed by atoms with E-state index in [0.717, 1.165) is 22.6 Å². The Kier molecular flexibility index (Phi) is 5.91. The van der Waals surface area contributed by atoms with Crippen LogP contribution in [0.25, 0.3) is 0 Å². The van der Waals surface area contributed by atoms with Crippen LogP contribution < -0.4 is 0 Å². The molecule has 0 aliphatic heterocycles. The van der Waals surface area contributed by atoms with Gasteiger partial charge in [-0.25, -0.2) is 9.37 Å². The molecule has 1 aromatic carbocycles. The maximum Gasteiger partial charge on any atom is 0.256 e. The number of rotatable bonds is 6. The van der Waals surface area contributed by atoms with Crippen LogP contribution in [0.5, 0.6) is 0 Å². The van der Waals surface area contributed by atoms with Gasteiger partial charge in [-0.3, -0.25) is 4.79 Å². The summed E-state index contributed by atoms with van der Waals surface area (Å²) in [6.45, 7) is 4.16. The Labute approximate surface area is 161 Å². The van der Waals surface area contributed by atoms with Gasteiger partial charge in [0.15, 0.2) is 0 Å². The number of amides is 1. The van der Waals surface area contributed by atoms with Crippen molar-refractivity contribution in [1.82, 2.24) is 15.0 Å². The van der Waals surface area contributed by atoms with Crippen molar-refractivity contribution in [1.29, 1.82) is 0 Å². The number of nitrogens with zero attached hydrogens (tertiary/aromatic N) is 3. The van der Waals surface area contributed by atoms with Gasteiger partial charge in [0, 0.05) is 31.1 Å². The van der Waals surface area contributed by atoms with Crippen LogP contribution in [0.4, 0.5) is 4.39 Å². The number of carbonyl (C=O) groups is 1. The summed E-state index contributed by atoms with van der Waals surface area (Å²) in [5.41, 5.74) is 3.26. The van der Waals surface area contributed by atoms with E-state index in [-0.39, 0.29) is 11.7 Å². The highest BCUT2D eigenvalue weighted by Gasteiger charge is 2.18. The second-order valence-electron chi connectivity index (χ2n) is 6.24. The number of aryl methyl sites for hydroxylation is 2. The molecule has 3 rings (SSSR count). The molecule has 0 bridgehead atoms. The second-order valence-corrected chi connectivity index (χ2v) is 7.20. The molecule has 0 fully saturated rings. The largest absolute Gasteiger partial charge is 0.361 e. The molecule has 1 amide bonds. The summed E-state index contributed by atoms with van der Waals surface area (Å²) in [7, 11) is 1.72. The highest BCUT2D eigenvalue weighted by Crippen LogP contribution is 2.28. The Bertz CT molecular complexity index is 921. The van der Waals surface area contributed by atoms with Gasteiger partial charge < -0.3 is 9.42 Å². The molecular formula is C20H20FN3O2S. The van der Waals surface area contributed by atoms with Crippen LogP contribution in [0.15, 0.2) is 52.1 Å². The van der Waals surface area contributed by atoms with E-state index in [1.54, 1.807) is 42.4 Å². The number of thioether (sulfide) groups is 1. The van der Waals surface area contributed by atoms with Gasteiger partial charge in [-0.1, -0.05) is 17.3 Å². The molecule has 0 atom stereocenters. The number of hydrogen-bond acceptors (Lipinski definition) is 5. The van der Waals surface area contributed by atoms with Crippen molar-refractivity contribution in [2.24, 2.45) is 0 Å². The maximum absolute atomic E-state index is 13.1. The average Bonchev–Trinajstić information content (AvgIpc) is 2.99. The monoisotopic (exact) mass is 385 g/mol. The summed E-state index contributed by atoms with van der Waals surface area (Å²) < 4.78 is 18.2. The van der Waals surface area contributed by atoms with E-state index in [0.29, 0.717) is 22.9 Å². The SMILES string of the molecule is Cc1noc(C)c1CSc1ncccc1C(=O)N(C)Cc1ccc(F)cc1. The van der Waals surface area contributed by atoms with Gasteiger partial charge in [-0.15, -0.1) is 11.8 Å². The minimum Gasteiger partial charge on any atom is -0.361 e. The van der Waals surface area contributed by atoms with E-state index >= 15 is 0 Å². The van der Waals surface area contributed by atoms with Crippen LogP contribution in [-0.2, 0) is 12.3 Å². The number of pyridine rings is 1. The first-order chi connectivity index (χ1) is 13.0. The quantitative estimate of drug-likeness (QED) is 0.589. The lowest BCUT2D eigenvalue weighted by Gasteiger charge is -2.18. The zero-order valence-electron chi connectivity index (χ0n) is 15.4. The fraction of sp³-hybridized carbons (Fsp3) is 0.250. The Morgan fingerprint density at radius 1 is 1.22 bits per heavy atom. The Morgan fingerprint density at radius 3 is 2.63 bits per heavy atom. The lowest BCUT2D eigenvalue weighted by atomic mass is 10.2. The minimum absolute atomic E-state index is 0.131. The molecule has 0 spiro atoms. The van der Waals surface area contributed by atoms with Gasteiger partial charge in [0.1, 0.15) is 16.6 Å².